The van der Waals surface area contributed by atoms with E-state index in [0.29, 0.717) is 24.7 Å². The van der Waals surface area contributed by atoms with Crippen LogP contribution in [0.25, 0.3) is 0 Å². The fraction of sp³-hybridized carbons (Fsp3) is 0.333. The smallest absolute Gasteiger partial charge is 0.262 e. The zero-order valence-corrected chi connectivity index (χ0v) is 12.6. The van der Waals surface area contributed by atoms with Gasteiger partial charge in [-0.05, 0) is 6.07 Å². The molecule has 114 valence electrons. The zero-order chi connectivity index (χ0) is 15.3. The number of pyridine rings is 1. The lowest BCUT2D eigenvalue weighted by atomic mass is 10.5. The van der Waals surface area contributed by atoms with Gasteiger partial charge in [0.1, 0.15) is 5.82 Å². The Morgan fingerprint density at radius 2 is 2.24 bits per heavy atom. The van der Waals surface area contributed by atoms with Crippen LogP contribution in [0.5, 0.6) is 0 Å². The Bertz CT molecular complexity index is 698. The van der Waals surface area contributed by atoms with E-state index in [1.54, 1.807) is 25.0 Å². The molecule has 0 atom stereocenters. The molecule has 2 N–H and O–H groups in total. The van der Waals surface area contributed by atoms with Crippen molar-refractivity contribution in [3.05, 3.63) is 30.7 Å². The molecule has 9 heteroatoms. The van der Waals surface area contributed by atoms with Gasteiger partial charge >= 0.3 is 0 Å². The molecule has 0 saturated heterocycles. The molecule has 2 rings (SSSR count). The van der Waals surface area contributed by atoms with Crippen LogP contribution < -0.4 is 10.0 Å². The topological polar surface area (TPSA) is 98.1 Å². The Hall–Kier alpha value is -2.13. The molecule has 0 aromatic carbocycles. The van der Waals surface area contributed by atoms with Gasteiger partial charge in [0.15, 0.2) is 0 Å². The van der Waals surface area contributed by atoms with Gasteiger partial charge in [0.2, 0.25) is 0 Å². The Labute approximate surface area is 123 Å². The lowest BCUT2D eigenvalue weighted by molar-refractivity contribution is 0.183. The first-order valence-electron chi connectivity index (χ1n) is 6.23. The highest BCUT2D eigenvalue weighted by Crippen LogP contribution is 2.17. The highest BCUT2D eigenvalue weighted by molar-refractivity contribution is 7.92. The maximum Gasteiger partial charge on any atom is 0.262 e. The molecule has 0 aliphatic heterocycles. The number of nitrogens with one attached hydrogen (secondary N) is 2. The second-order valence-electron chi connectivity index (χ2n) is 4.22. The number of aromatic nitrogens is 3. The summed E-state index contributed by atoms with van der Waals surface area (Å²) in [7, 11) is -0.402. The minimum absolute atomic E-state index is 0.131. The molecule has 0 fully saturated rings. The van der Waals surface area contributed by atoms with Crippen LogP contribution in [0.15, 0.2) is 35.6 Å². The Kier molecular flexibility index (Phi) is 4.76. The molecule has 8 nitrogen and oxygen atoms in total. The quantitative estimate of drug-likeness (QED) is 0.783. The number of hydrogen-bond donors (Lipinski definition) is 2. The van der Waals surface area contributed by atoms with Crippen LogP contribution in [0.3, 0.4) is 0 Å². The van der Waals surface area contributed by atoms with Crippen LogP contribution in [0.2, 0.25) is 0 Å². The van der Waals surface area contributed by atoms with Gasteiger partial charge in [-0.1, -0.05) is 0 Å². The number of rotatable bonds is 7. The molecular weight excluding hydrogens is 294 g/mol. The van der Waals surface area contributed by atoms with Crippen molar-refractivity contribution in [2.45, 2.75) is 11.4 Å². The molecule has 0 unspecified atom stereocenters. The van der Waals surface area contributed by atoms with Crippen molar-refractivity contribution in [1.29, 1.82) is 0 Å². The fourth-order valence-corrected chi connectivity index (χ4v) is 2.69. The van der Waals surface area contributed by atoms with Gasteiger partial charge in [-0.2, -0.15) is 5.10 Å². The molecular formula is C12H17N5O3S. The van der Waals surface area contributed by atoms with E-state index in [2.05, 4.69) is 20.1 Å². The van der Waals surface area contributed by atoms with Crippen molar-refractivity contribution < 1.29 is 13.2 Å². The van der Waals surface area contributed by atoms with Gasteiger partial charge in [0.05, 0.1) is 29.9 Å². The Morgan fingerprint density at radius 3 is 2.95 bits per heavy atom. The normalized spacial score (nSPS) is 11.3. The monoisotopic (exact) mass is 311 g/mol. The third kappa shape index (κ3) is 3.92. The maximum absolute atomic E-state index is 12.3. The zero-order valence-electron chi connectivity index (χ0n) is 11.8. The van der Waals surface area contributed by atoms with Gasteiger partial charge in [0, 0.05) is 32.6 Å². The summed E-state index contributed by atoms with van der Waals surface area (Å²) < 4.78 is 33.5. The summed E-state index contributed by atoms with van der Waals surface area (Å²) in [4.78, 5) is 4.11. The molecule has 2 aromatic rings. The first-order chi connectivity index (χ1) is 10.0. The van der Waals surface area contributed by atoms with Crippen molar-refractivity contribution in [3.63, 3.8) is 0 Å². The summed E-state index contributed by atoms with van der Waals surface area (Å²) in [5.74, 6) is 0.480. The summed E-state index contributed by atoms with van der Waals surface area (Å²) in [6.45, 7) is 1.06. The van der Waals surface area contributed by atoms with Crippen molar-refractivity contribution >= 4 is 21.5 Å². The second kappa shape index (κ2) is 6.55. The van der Waals surface area contributed by atoms with E-state index >= 15 is 0 Å². The van der Waals surface area contributed by atoms with Gasteiger partial charge < -0.3 is 10.1 Å². The van der Waals surface area contributed by atoms with Gasteiger partial charge in [-0.25, -0.2) is 13.4 Å². The van der Waals surface area contributed by atoms with E-state index in [0.717, 1.165) is 0 Å². The number of ether oxygens (including phenoxy) is 1. The van der Waals surface area contributed by atoms with Crippen LogP contribution in [-0.2, 0) is 21.3 Å². The highest BCUT2D eigenvalue weighted by atomic mass is 32.2. The molecule has 0 radical (unpaired) electrons. The van der Waals surface area contributed by atoms with E-state index in [-0.39, 0.29) is 4.90 Å². The number of anilines is 2. The summed E-state index contributed by atoms with van der Waals surface area (Å²) in [5, 5.41) is 6.85. The van der Waals surface area contributed by atoms with Crippen LogP contribution in [0.1, 0.15) is 0 Å². The third-order valence-electron chi connectivity index (χ3n) is 2.71. The maximum atomic E-state index is 12.3. The van der Waals surface area contributed by atoms with Crippen molar-refractivity contribution in [2.75, 3.05) is 30.8 Å². The molecule has 2 heterocycles. The second-order valence-corrected chi connectivity index (χ2v) is 5.90. The highest BCUT2D eigenvalue weighted by Gasteiger charge is 2.15. The first-order valence-corrected chi connectivity index (χ1v) is 7.71. The lowest BCUT2D eigenvalue weighted by Gasteiger charge is -2.07. The van der Waals surface area contributed by atoms with Crippen LogP contribution in [-0.4, -0.2) is 43.9 Å². The molecule has 21 heavy (non-hydrogen) atoms. The van der Waals surface area contributed by atoms with Crippen molar-refractivity contribution in [2.24, 2.45) is 0 Å². The van der Waals surface area contributed by atoms with E-state index in [1.807, 2.05) is 0 Å². The van der Waals surface area contributed by atoms with Crippen LogP contribution in [0.4, 0.5) is 11.5 Å². The third-order valence-corrected chi connectivity index (χ3v) is 4.09. The average molecular weight is 311 g/mol. The summed E-state index contributed by atoms with van der Waals surface area (Å²) >= 11 is 0. The van der Waals surface area contributed by atoms with Gasteiger partial charge in [-0.3, -0.25) is 9.40 Å². The molecule has 2 aromatic heterocycles. The molecule has 0 amide bonds. The van der Waals surface area contributed by atoms with Crippen molar-refractivity contribution in [1.82, 2.24) is 14.8 Å². The fourth-order valence-electron chi connectivity index (χ4n) is 1.65. The average Bonchev–Trinajstić information content (AvgIpc) is 2.92. The largest absolute Gasteiger partial charge is 0.383 e. The number of hydrogen-bond acceptors (Lipinski definition) is 6. The Morgan fingerprint density at radius 1 is 1.43 bits per heavy atom. The standard InChI is InChI=1S/C12H17N5O3S/c1-13-12-7-11(3-4-14-12)21(18,19)16-10-8-15-17(9-10)5-6-20-2/h3-4,7-9,16H,5-6H2,1-2H3,(H,13,14). The van der Waals surface area contributed by atoms with Gasteiger partial charge in [-0.15, -0.1) is 0 Å². The number of nitrogens with zero attached hydrogens (tertiary/aromatic N) is 3. The van der Waals surface area contributed by atoms with Crippen LogP contribution >= 0.6 is 0 Å². The minimum atomic E-state index is -3.67. The molecule has 0 aliphatic carbocycles. The minimum Gasteiger partial charge on any atom is -0.383 e. The summed E-state index contributed by atoms with van der Waals surface area (Å²) in [5.41, 5.74) is 0.397. The lowest BCUT2D eigenvalue weighted by Crippen LogP contribution is -2.13. The molecule has 0 saturated carbocycles. The number of sulfonamides is 1. The summed E-state index contributed by atoms with van der Waals surface area (Å²) in [6, 6.07) is 2.89. The molecule has 0 spiro atoms. The Balaban J connectivity index is 2.15. The van der Waals surface area contributed by atoms with E-state index in [1.165, 1.54) is 24.5 Å². The first kappa shape index (κ1) is 15.3. The summed E-state index contributed by atoms with van der Waals surface area (Å²) in [6.07, 6.45) is 4.49. The number of methoxy groups -OCH3 is 1. The predicted octanol–water partition coefficient (Wildman–Crippen LogP) is 0.767. The molecule has 0 bridgehead atoms. The molecule has 0 aliphatic rings. The van der Waals surface area contributed by atoms with E-state index in [4.69, 9.17) is 4.74 Å². The van der Waals surface area contributed by atoms with Crippen molar-refractivity contribution in [3.8, 4) is 0 Å². The SMILES string of the molecule is CNc1cc(S(=O)(=O)Nc2cnn(CCOC)c2)ccn1. The van der Waals surface area contributed by atoms with E-state index < -0.39 is 10.0 Å². The predicted molar refractivity (Wildman–Crippen MR) is 78.7 cm³/mol. The van der Waals surface area contributed by atoms with Gasteiger partial charge in [0.25, 0.3) is 10.0 Å². The van der Waals surface area contributed by atoms with Crippen LogP contribution in [0, 0.1) is 0 Å². The van der Waals surface area contributed by atoms with E-state index in [9.17, 15) is 8.42 Å².